The van der Waals surface area contributed by atoms with Crippen molar-refractivity contribution in [2.45, 2.75) is 5.92 Å². The molecule has 3 heterocycles. The van der Waals surface area contributed by atoms with Crippen molar-refractivity contribution in [2.24, 2.45) is 18.7 Å². The minimum absolute atomic E-state index is 0.0366. The van der Waals surface area contributed by atoms with E-state index in [9.17, 15) is 4.79 Å². The van der Waals surface area contributed by atoms with E-state index in [1.807, 2.05) is 36.3 Å². The van der Waals surface area contributed by atoms with Crippen LogP contribution in [-0.4, -0.2) is 45.2 Å². The first-order chi connectivity index (χ1) is 12.7. The number of amides is 1. The lowest BCUT2D eigenvalue weighted by molar-refractivity contribution is 0.0791. The molecule has 2 aromatic heterocycles. The first kappa shape index (κ1) is 16.9. The number of nitrogens with zero attached hydrogens (tertiary/aromatic N) is 4. The second-order valence-electron chi connectivity index (χ2n) is 6.66. The fourth-order valence-corrected chi connectivity index (χ4v) is 4.41. The molecule has 4 rings (SSSR count). The van der Waals surface area contributed by atoms with Crippen molar-refractivity contribution in [3.63, 3.8) is 0 Å². The highest BCUT2D eigenvalue weighted by atomic mass is 32.1. The monoisotopic (exact) mass is 367 g/mol. The van der Waals surface area contributed by atoms with Gasteiger partial charge in [0, 0.05) is 37.8 Å². The number of nitrogens with two attached hydrogens (primary N) is 1. The number of aromatic nitrogens is 3. The van der Waals surface area contributed by atoms with Gasteiger partial charge in [-0.25, -0.2) is 4.98 Å². The van der Waals surface area contributed by atoms with Gasteiger partial charge in [-0.15, -0.1) is 11.3 Å². The zero-order valence-corrected chi connectivity index (χ0v) is 15.4. The third-order valence-corrected chi connectivity index (χ3v) is 5.96. The molecule has 3 aromatic rings. The Morgan fingerprint density at radius 3 is 2.77 bits per heavy atom. The summed E-state index contributed by atoms with van der Waals surface area (Å²) in [5.74, 6) is 0.609. The predicted molar refractivity (Wildman–Crippen MR) is 102 cm³/mol. The van der Waals surface area contributed by atoms with E-state index in [0.717, 1.165) is 10.6 Å². The van der Waals surface area contributed by atoms with Crippen LogP contribution >= 0.6 is 11.3 Å². The summed E-state index contributed by atoms with van der Waals surface area (Å²) in [5, 5.41) is 4.98. The Bertz CT molecular complexity index is 904. The van der Waals surface area contributed by atoms with Crippen LogP contribution in [0.25, 0.3) is 10.6 Å². The maximum Gasteiger partial charge on any atom is 0.265 e. The van der Waals surface area contributed by atoms with Crippen LogP contribution in [0.4, 0.5) is 0 Å². The van der Waals surface area contributed by atoms with Crippen LogP contribution < -0.4 is 5.73 Å². The van der Waals surface area contributed by atoms with E-state index in [2.05, 4.69) is 22.2 Å². The molecule has 2 N–H and O–H groups in total. The molecule has 0 unspecified atom stereocenters. The van der Waals surface area contributed by atoms with Gasteiger partial charge in [0.15, 0.2) is 0 Å². The van der Waals surface area contributed by atoms with E-state index in [0.29, 0.717) is 24.5 Å². The molecule has 1 aliphatic rings. The number of aryl methyl sites for hydroxylation is 1. The number of rotatable bonds is 4. The average Bonchev–Trinajstić information content (AvgIpc) is 3.40. The van der Waals surface area contributed by atoms with E-state index >= 15 is 0 Å². The lowest BCUT2D eigenvalue weighted by atomic mass is 9.89. The van der Waals surface area contributed by atoms with Crippen LogP contribution in [0, 0.1) is 5.92 Å². The van der Waals surface area contributed by atoms with Crippen LogP contribution in [0.3, 0.4) is 0 Å². The maximum absolute atomic E-state index is 13.0. The molecule has 26 heavy (non-hydrogen) atoms. The molecular weight excluding hydrogens is 346 g/mol. The number of benzene rings is 1. The van der Waals surface area contributed by atoms with Crippen LogP contribution in [0.15, 0.2) is 48.9 Å². The first-order valence-corrected chi connectivity index (χ1v) is 9.46. The minimum atomic E-state index is 0.0366. The standard InChI is InChI=1S/C19H21N5OS/c1-23-10-15(8-22-23)18-21-9-17(26-18)19(25)24-11-14(7-20)16(12-24)13-5-3-2-4-6-13/h2-6,8-10,14,16H,7,11-12,20H2,1H3/t14-,16+/m1/s1. The summed E-state index contributed by atoms with van der Waals surface area (Å²) in [6.07, 6.45) is 5.33. The highest BCUT2D eigenvalue weighted by molar-refractivity contribution is 7.16. The number of thiazole rings is 1. The summed E-state index contributed by atoms with van der Waals surface area (Å²) in [6, 6.07) is 10.3. The SMILES string of the molecule is Cn1cc(-c2ncc(C(=O)N3C[C@@H](CN)[C@H](c4ccccc4)C3)s2)cn1. The van der Waals surface area contributed by atoms with Crippen molar-refractivity contribution in [2.75, 3.05) is 19.6 Å². The zero-order valence-electron chi connectivity index (χ0n) is 14.6. The Kier molecular flexibility index (Phi) is 4.57. The summed E-state index contributed by atoms with van der Waals surface area (Å²) in [5.41, 5.74) is 8.17. The molecule has 0 spiro atoms. The third kappa shape index (κ3) is 3.15. The van der Waals surface area contributed by atoms with Gasteiger partial charge in [-0.1, -0.05) is 30.3 Å². The van der Waals surface area contributed by atoms with Crippen LogP contribution in [-0.2, 0) is 7.05 Å². The zero-order chi connectivity index (χ0) is 18.1. The molecule has 0 saturated carbocycles. The number of hydrogen-bond donors (Lipinski definition) is 1. The topological polar surface area (TPSA) is 77.0 Å². The number of carbonyl (C=O) groups excluding carboxylic acids is 1. The molecule has 0 bridgehead atoms. The van der Waals surface area contributed by atoms with Crippen LogP contribution in [0.1, 0.15) is 21.2 Å². The second-order valence-corrected chi connectivity index (χ2v) is 7.69. The number of likely N-dealkylation sites (tertiary alicyclic amines) is 1. The van der Waals surface area contributed by atoms with Gasteiger partial charge < -0.3 is 10.6 Å². The molecular formula is C19H21N5OS. The fourth-order valence-electron chi connectivity index (χ4n) is 3.55. The summed E-state index contributed by atoms with van der Waals surface area (Å²) >= 11 is 1.41. The van der Waals surface area contributed by atoms with Gasteiger partial charge in [0.1, 0.15) is 9.88 Å². The summed E-state index contributed by atoms with van der Waals surface area (Å²) in [4.78, 5) is 19.9. The predicted octanol–water partition coefficient (Wildman–Crippen LogP) is 2.36. The molecule has 7 heteroatoms. The van der Waals surface area contributed by atoms with Crippen LogP contribution in [0.2, 0.25) is 0 Å². The van der Waals surface area contributed by atoms with Crippen molar-refractivity contribution >= 4 is 17.2 Å². The highest BCUT2D eigenvalue weighted by Crippen LogP contribution is 2.34. The van der Waals surface area contributed by atoms with Gasteiger partial charge in [-0.3, -0.25) is 9.48 Å². The fraction of sp³-hybridized carbons (Fsp3) is 0.316. The third-order valence-electron chi connectivity index (χ3n) is 4.93. The molecule has 1 saturated heterocycles. The van der Waals surface area contributed by atoms with Crippen LogP contribution in [0.5, 0.6) is 0 Å². The molecule has 2 atom stereocenters. The quantitative estimate of drug-likeness (QED) is 0.768. The van der Waals surface area contributed by atoms with Gasteiger partial charge in [0.2, 0.25) is 0 Å². The Balaban J connectivity index is 1.53. The summed E-state index contributed by atoms with van der Waals surface area (Å²) in [6.45, 7) is 1.97. The Hall–Kier alpha value is -2.51. The molecule has 134 valence electrons. The first-order valence-electron chi connectivity index (χ1n) is 8.65. The lowest BCUT2D eigenvalue weighted by Crippen LogP contribution is -2.29. The molecule has 6 nitrogen and oxygen atoms in total. The smallest absolute Gasteiger partial charge is 0.265 e. The van der Waals surface area contributed by atoms with E-state index < -0.39 is 0 Å². The van der Waals surface area contributed by atoms with E-state index in [4.69, 9.17) is 5.73 Å². The second kappa shape index (κ2) is 7.01. The molecule has 0 aliphatic carbocycles. The van der Waals surface area contributed by atoms with Gasteiger partial charge >= 0.3 is 0 Å². The number of carbonyl (C=O) groups is 1. The molecule has 0 radical (unpaired) electrons. The Morgan fingerprint density at radius 1 is 1.27 bits per heavy atom. The Morgan fingerprint density at radius 2 is 2.08 bits per heavy atom. The Labute approximate surface area is 156 Å². The van der Waals surface area contributed by atoms with Gasteiger partial charge in [0.25, 0.3) is 5.91 Å². The van der Waals surface area contributed by atoms with Gasteiger partial charge in [0.05, 0.1) is 12.4 Å². The van der Waals surface area contributed by atoms with Crippen molar-refractivity contribution in [3.05, 3.63) is 59.4 Å². The largest absolute Gasteiger partial charge is 0.337 e. The van der Waals surface area contributed by atoms with Crippen molar-refractivity contribution in [3.8, 4) is 10.6 Å². The van der Waals surface area contributed by atoms with Crippen molar-refractivity contribution in [1.82, 2.24) is 19.7 Å². The van der Waals surface area contributed by atoms with Gasteiger partial charge in [-0.05, 0) is 18.0 Å². The minimum Gasteiger partial charge on any atom is -0.337 e. The van der Waals surface area contributed by atoms with Crippen molar-refractivity contribution in [1.29, 1.82) is 0 Å². The molecule has 1 aromatic carbocycles. The molecule has 1 aliphatic heterocycles. The molecule has 1 fully saturated rings. The average molecular weight is 367 g/mol. The lowest BCUT2D eigenvalue weighted by Gasteiger charge is -2.16. The normalized spacial score (nSPS) is 19.8. The van der Waals surface area contributed by atoms with E-state index in [1.165, 1.54) is 16.9 Å². The summed E-state index contributed by atoms with van der Waals surface area (Å²) < 4.78 is 1.73. The highest BCUT2D eigenvalue weighted by Gasteiger charge is 2.36. The van der Waals surface area contributed by atoms with Gasteiger partial charge in [-0.2, -0.15) is 5.10 Å². The van der Waals surface area contributed by atoms with Crippen molar-refractivity contribution < 1.29 is 4.79 Å². The number of hydrogen-bond acceptors (Lipinski definition) is 5. The summed E-state index contributed by atoms with van der Waals surface area (Å²) in [7, 11) is 1.87. The maximum atomic E-state index is 13.0. The van der Waals surface area contributed by atoms with E-state index in [1.54, 1.807) is 17.1 Å². The molecule has 1 amide bonds. The van der Waals surface area contributed by atoms with E-state index in [-0.39, 0.29) is 17.7 Å².